The SMILES string of the molecule is CC1CCN(C(=O)COc2cccc(Cl)c2)C(CN)C1. The van der Waals surface area contributed by atoms with Crippen molar-refractivity contribution in [2.24, 2.45) is 11.7 Å². The number of halogens is 1. The molecule has 0 radical (unpaired) electrons. The van der Waals surface area contributed by atoms with Gasteiger partial charge in [0.15, 0.2) is 6.61 Å². The second-order valence-corrected chi connectivity index (χ2v) is 5.79. The average molecular weight is 297 g/mol. The lowest BCUT2D eigenvalue weighted by Gasteiger charge is -2.37. The number of nitrogens with two attached hydrogens (primary N) is 1. The van der Waals surface area contributed by atoms with E-state index in [-0.39, 0.29) is 18.6 Å². The van der Waals surface area contributed by atoms with Gasteiger partial charge in [0.25, 0.3) is 5.91 Å². The molecule has 2 unspecified atom stereocenters. The molecule has 1 fully saturated rings. The number of piperidine rings is 1. The van der Waals surface area contributed by atoms with Crippen molar-refractivity contribution in [2.45, 2.75) is 25.8 Å². The first-order valence-electron chi connectivity index (χ1n) is 6.98. The molecule has 1 aliphatic heterocycles. The molecule has 1 aliphatic rings. The lowest BCUT2D eigenvalue weighted by atomic mass is 9.92. The van der Waals surface area contributed by atoms with Gasteiger partial charge in [0.1, 0.15) is 5.75 Å². The average Bonchev–Trinajstić information content (AvgIpc) is 2.44. The van der Waals surface area contributed by atoms with Crippen LogP contribution in [0, 0.1) is 5.92 Å². The summed E-state index contributed by atoms with van der Waals surface area (Å²) in [5.41, 5.74) is 5.77. The zero-order valence-corrected chi connectivity index (χ0v) is 12.5. The summed E-state index contributed by atoms with van der Waals surface area (Å²) < 4.78 is 5.51. The predicted molar refractivity (Wildman–Crippen MR) is 79.9 cm³/mol. The molecule has 1 saturated heterocycles. The summed E-state index contributed by atoms with van der Waals surface area (Å²) in [5.74, 6) is 1.23. The molecular formula is C15H21ClN2O2. The summed E-state index contributed by atoms with van der Waals surface area (Å²) in [5, 5.41) is 0.599. The molecule has 1 aromatic carbocycles. The maximum absolute atomic E-state index is 12.2. The van der Waals surface area contributed by atoms with Gasteiger partial charge in [-0.15, -0.1) is 0 Å². The number of rotatable bonds is 4. The largest absolute Gasteiger partial charge is 0.484 e. The van der Waals surface area contributed by atoms with Gasteiger partial charge in [-0.3, -0.25) is 4.79 Å². The van der Waals surface area contributed by atoms with E-state index in [1.54, 1.807) is 24.3 Å². The molecule has 20 heavy (non-hydrogen) atoms. The first-order chi connectivity index (χ1) is 9.60. The second-order valence-electron chi connectivity index (χ2n) is 5.35. The van der Waals surface area contributed by atoms with Gasteiger partial charge >= 0.3 is 0 Å². The molecule has 0 aliphatic carbocycles. The first kappa shape index (κ1) is 15.1. The Morgan fingerprint density at radius 3 is 3.05 bits per heavy atom. The fraction of sp³-hybridized carbons (Fsp3) is 0.533. The lowest BCUT2D eigenvalue weighted by molar-refractivity contribution is -0.137. The Labute approximate surface area is 124 Å². The van der Waals surface area contributed by atoms with Crippen molar-refractivity contribution >= 4 is 17.5 Å². The van der Waals surface area contributed by atoms with Gasteiger partial charge in [0, 0.05) is 24.2 Å². The Kier molecular flexibility index (Phi) is 5.26. The topological polar surface area (TPSA) is 55.6 Å². The number of amides is 1. The number of benzene rings is 1. The number of carbonyl (C=O) groups is 1. The van der Waals surface area contributed by atoms with E-state index in [0.29, 0.717) is 23.2 Å². The molecule has 0 spiro atoms. The molecule has 2 atom stereocenters. The van der Waals surface area contributed by atoms with Crippen LogP contribution in [-0.2, 0) is 4.79 Å². The van der Waals surface area contributed by atoms with E-state index in [4.69, 9.17) is 22.1 Å². The van der Waals surface area contributed by atoms with E-state index >= 15 is 0 Å². The van der Waals surface area contributed by atoms with Gasteiger partial charge < -0.3 is 15.4 Å². The molecule has 1 aromatic rings. The van der Waals surface area contributed by atoms with Crippen LogP contribution in [-0.4, -0.2) is 36.5 Å². The van der Waals surface area contributed by atoms with Crippen molar-refractivity contribution in [3.8, 4) is 5.75 Å². The van der Waals surface area contributed by atoms with Crippen LogP contribution in [0.2, 0.25) is 5.02 Å². The van der Waals surface area contributed by atoms with Gasteiger partial charge in [0.2, 0.25) is 0 Å². The number of nitrogens with zero attached hydrogens (tertiary/aromatic N) is 1. The van der Waals surface area contributed by atoms with Crippen LogP contribution in [0.15, 0.2) is 24.3 Å². The highest BCUT2D eigenvalue weighted by Crippen LogP contribution is 2.22. The van der Waals surface area contributed by atoms with Gasteiger partial charge in [-0.2, -0.15) is 0 Å². The quantitative estimate of drug-likeness (QED) is 0.927. The molecule has 0 saturated carbocycles. The Morgan fingerprint density at radius 2 is 2.35 bits per heavy atom. The third-order valence-corrected chi connectivity index (χ3v) is 3.96. The lowest BCUT2D eigenvalue weighted by Crippen LogP contribution is -2.50. The Balaban J connectivity index is 1.91. The number of hydrogen-bond acceptors (Lipinski definition) is 3. The van der Waals surface area contributed by atoms with E-state index in [2.05, 4.69) is 6.92 Å². The molecule has 1 amide bonds. The molecule has 1 heterocycles. The van der Waals surface area contributed by atoms with Gasteiger partial charge in [-0.05, 0) is 37.0 Å². The van der Waals surface area contributed by atoms with Crippen LogP contribution >= 0.6 is 11.6 Å². The van der Waals surface area contributed by atoms with Crippen LogP contribution in [0.3, 0.4) is 0 Å². The molecule has 2 rings (SSSR count). The normalized spacial score (nSPS) is 22.6. The minimum Gasteiger partial charge on any atom is -0.484 e. The number of likely N-dealkylation sites (tertiary alicyclic amines) is 1. The third kappa shape index (κ3) is 3.87. The summed E-state index contributed by atoms with van der Waals surface area (Å²) in [6, 6.07) is 7.19. The van der Waals surface area contributed by atoms with Crippen LogP contribution in [0.1, 0.15) is 19.8 Å². The minimum absolute atomic E-state index is 0.00711. The zero-order valence-electron chi connectivity index (χ0n) is 11.7. The Morgan fingerprint density at radius 1 is 1.55 bits per heavy atom. The highest BCUT2D eigenvalue weighted by molar-refractivity contribution is 6.30. The highest BCUT2D eigenvalue weighted by Gasteiger charge is 2.28. The second kappa shape index (κ2) is 6.95. The van der Waals surface area contributed by atoms with E-state index in [0.717, 1.165) is 19.4 Å². The number of ether oxygens (including phenoxy) is 1. The maximum atomic E-state index is 12.2. The van der Waals surface area contributed by atoms with Gasteiger partial charge in [-0.25, -0.2) is 0 Å². The first-order valence-corrected chi connectivity index (χ1v) is 7.36. The summed E-state index contributed by atoms with van der Waals surface area (Å²) in [4.78, 5) is 14.1. The summed E-state index contributed by atoms with van der Waals surface area (Å²) in [7, 11) is 0. The van der Waals surface area contributed by atoms with Crippen molar-refractivity contribution in [3.05, 3.63) is 29.3 Å². The van der Waals surface area contributed by atoms with E-state index in [1.807, 2.05) is 4.90 Å². The fourth-order valence-corrected chi connectivity index (χ4v) is 2.77. The van der Waals surface area contributed by atoms with Crippen molar-refractivity contribution in [1.29, 1.82) is 0 Å². The van der Waals surface area contributed by atoms with Gasteiger partial charge in [-0.1, -0.05) is 24.6 Å². The fourth-order valence-electron chi connectivity index (χ4n) is 2.59. The van der Waals surface area contributed by atoms with Crippen LogP contribution in [0.5, 0.6) is 5.75 Å². The molecule has 110 valence electrons. The predicted octanol–water partition coefficient (Wildman–Crippen LogP) is 2.30. The van der Waals surface area contributed by atoms with E-state index in [9.17, 15) is 4.79 Å². The summed E-state index contributed by atoms with van der Waals surface area (Å²) in [6.07, 6.45) is 2.00. The van der Waals surface area contributed by atoms with Crippen LogP contribution in [0.25, 0.3) is 0 Å². The van der Waals surface area contributed by atoms with Crippen molar-refractivity contribution in [2.75, 3.05) is 19.7 Å². The Bertz CT molecular complexity index is 467. The van der Waals surface area contributed by atoms with Crippen molar-refractivity contribution in [1.82, 2.24) is 4.90 Å². The molecule has 5 heteroatoms. The molecular weight excluding hydrogens is 276 g/mol. The van der Waals surface area contributed by atoms with Gasteiger partial charge in [0.05, 0.1) is 0 Å². The number of hydrogen-bond donors (Lipinski definition) is 1. The van der Waals surface area contributed by atoms with Crippen molar-refractivity contribution < 1.29 is 9.53 Å². The van der Waals surface area contributed by atoms with E-state index in [1.165, 1.54) is 0 Å². The summed E-state index contributed by atoms with van der Waals surface area (Å²) in [6.45, 7) is 3.51. The Hall–Kier alpha value is -1.26. The molecule has 2 N–H and O–H groups in total. The molecule has 4 nitrogen and oxygen atoms in total. The smallest absolute Gasteiger partial charge is 0.260 e. The maximum Gasteiger partial charge on any atom is 0.260 e. The van der Waals surface area contributed by atoms with Crippen LogP contribution < -0.4 is 10.5 Å². The van der Waals surface area contributed by atoms with Crippen molar-refractivity contribution in [3.63, 3.8) is 0 Å². The van der Waals surface area contributed by atoms with Crippen LogP contribution in [0.4, 0.5) is 0 Å². The molecule has 0 bridgehead atoms. The molecule has 0 aromatic heterocycles. The summed E-state index contributed by atoms with van der Waals surface area (Å²) >= 11 is 5.88. The highest BCUT2D eigenvalue weighted by atomic mass is 35.5. The zero-order chi connectivity index (χ0) is 14.5. The third-order valence-electron chi connectivity index (χ3n) is 3.73. The van der Waals surface area contributed by atoms with E-state index < -0.39 is 0 Å². The monoisotopic (exact) mass is 296 g/mol. The standard InChI is InChI=1S/C15H21ClN2O2/c1-11-5-6-18(13(7-11)9-17)15(19)10-20-14-4-2-3-12(16)8-14/h2-4,8,11,13H,5-7,9-10,17H2,1H3. The number of carbonyl (C=O) groups excluding carboxylic acids is 1. The minimum atomic E-state index is -0.00711.